The first-order valence-electron chi connectivity index (χ1n) is 9.99. The van der Waals surface area contributed by atoms with Gasteiger partial charge in [0.25, 0.3) is 15.9 Å². The maximum absolute atomic E-state index is 13.4. The molecule has 0 bridgehead atoms. The highest BCUT2D eigenvalue weighted by Gasteiger charge is 2.31. The summed E-state index contributed by atoms with van der Waals surface area (Å²) in [5.41, 5.74) is 4.51. The molecule has 4 rings (SSSR count). The molecule has 1 heterocycles. The van der Waals surface area contributed by atoms with Crippen molar-refractivity contribution in [3.63, 3.8) is 0 Å². The van der Waals surface area contributed by atoms with Crippen molar-refractivity contribution in [2.24, 2.45) is 0 Å². The normalized spacial score (nSPS) is 13.1. The van der Waals surface area contributed by atoms with Gasteiger partial charge in [0, 0.05) is 12.2 Å². The van der Waals surface area contributed by atoms with Gasteiger partial charge in [-0.15, -0.1) is 0 Å². The number of ether oxygens (including phenoxy) is 1. The lowest BCUT2D eigenvalue weighted by Gasteiger charge is -2.20. The van der Waals surface area contributed by atoms with Crippen molar-refractivity contribution < 1.29 is 17.9 Å². The van der Waals surface area contributed by atoms with Gasteiger partial charge in [0.2, 0.25) is 0 Å². The van der Waals surface area contributed by atoms with E-state index in [0.717, 1.165) is 16.7 Å². The third kappa shape index (κ3) is 3.77. The van der Waals surface area contributed by atoms with Crippen LogP contribution in [0.3, 0.4) is 0 Å². The van der Waals surface area contributed by atoms with Crippen LogP contribution in [-0.2, 0) is 16.4 Å². The predicted molar refractivity (Wildman–Crippen MR) is 122 cm³/mol. The number of rotatable bonds is 5. The van der Waals surface area contributed by atoms with Gasteiger partial charge in [-0.3, -0.25) is 9.10 Å². The molecule has 0 unspecified atom stereocenters. The van der Waals surface area contributed by atoms with E-state index in [9.17, 15) is 13.2 Å². The summed E-state index contributed by atoms with van der Waals surface area (Å²) >= 11 is 0. The highest BCUT2D eigenvalue weighted by molar-refractivity contribution is 7.92. The van der Waals surface area contributed by atoms with E-state index in [1.165, 1.54) is 29.6 Å². The number of carbonyl (C=O) groups excluding carboxylic acids is 1. The molecule has 1 aliphatic rings. The second kappa shape index (κ2) is 8.07. The van der Waals surface area contributed by atoms with Crippen LogP contribution in [0.15, 0.2) is 65.6 Å². The van der Waals surface area contributed by atoms with Gasteiger partial charge in [-0.2, -0.15) is 0 Å². The Morgan fingerprint density at radius 2 is 1.81 bits per heavy atom. The van der Waals surface area contributed by atoms with Gasteiger partial charge in [-0.05, 0) is 67.3 Å². The Hall–Kier alpha value is -3.32. The zero-order chi connectivity index (χ0) is 22.2. The number of benzene rings is 3. The van der Waals surface area contributed by atoms with Crippen molar-refractivity contribution in [3.8, 4) is 5.75 Å². The van der Waals surface area contributed by atoms with Crippen LogP contribution in [0.4, 0.5) is 11.4 Å². The van der Waals surface area contributed by atoms with Crippen LogP contribution in [0.1, 0.15) is 27.0 Å². The molecule has 3 aromatic carbocycles. The maximum Gasteiger partial charge on any atom is 0.264 e. The monoisotopic (exact) mass is 436 g/mol. The van der Waals surface area contributed by atoms with Crippen LogP contribution < -0.4 is 14.4 Å². The van der Waals surface area contributed by atoms with Crippen LogP contribution in [0.2, 0.25) is 0 Å². The fraction of sp³-hybridized carbons (Fsp3) is 0.208. The minimum absolute atomic E-state index is 0.0520. The Morgan fingerprint density at radius 3 is 2.58 bits per heavy atom. The molecule has 6 nitrogen and oxygen atoms in total. The van der Waals surface area contributed by atoms with E-state index in [0.29, 0.717) is 30.1 Å². The highest BCUT2D eigenvalue weighted by atomic mass is 32.2. The molecular weight excluding hydrogens is 412 g/mol. The van der Waals surface area contributed by atoms with E-state index in [4.69, 9.17) is 4.74 Å². The summed E-state index contributed by atoms with van der Waals surface area (Å²) in [6.07, 6.45) is 0.658. The number of methoxy groups -OCH3 is 1. The first-order valence-corrected chi connectivity index (χ1v) is 11.4. The number of aryl methyl sites for hydroxylation is 1. The molecule has 0 radical (unpaired) electrons. The van der Waals surface area contributed by atoms with Gasteiger partial charge in [0.05, 0.1) is 23.3 Å². The molecule has 1 N–H and O–H groups in total. The molecule has 1 amide bonds. The fourth-order valence-electron chi connectivity index (χ4n) is 3.79. The summed E-state index contributed by atoms with van der Waals surface area (Å²) in [7, 11) is -2.37. The first-order chi connectivity index (χ1) is 14.8. The summed E-state index contributed by atoms with van der Waals surface area (Å²) in [6, 6.07) is 17.5. The van der Waals surface area contributed by atoms with Gasteiger partial charge in [0.1, 0.15) is 5.75 Å². The largest absolute Gasteiger partial charge is 0.496 e. The number of fused-ring (bicyclic) bond motifs is 1. The van der Waals surface area contributed by atoms with Gasteiger partial charge >= 0.3 is 0 Å². The topological polar surface area (TPSA) is 75.7 Å². The molecule has 1 aliphatic heterocycles. The number of sulfonamides is 1. The molecule has 0 saturated heterocycles. The van der Waals surface area contributed by atoms with Gasteiger partial charge in [-0.1, -0.05) is 30.3 Å². The van der Waals surface area contributed by atoms with Crippen molar-refractivity contribution >= 4 is 27.3 Å². The van der Waals surface area contributed by atoms with Crippen molar-refractivity contribution in [2.45, 2.75) is 25.2 Å². The Labute approximate surface area is 182 Å². The van der Waals surface area contributed by atoms with Crippen LogP contribution in [0.25, 0.3) is 0 Å². The Bertz CT molecular complexity index is 1270. The molecule has 0 fully saturated rings. The fourth-order valence-corrected chi connectivity index (χ4v) is 5.32. The summed E-state index contributed by atoms with van der Waals surface area (Å²) in [4.78, 5) is 13.1. The average molecular weight is 437 g/mol. The SMILES string of the molecule is COc1ccc(S(=O)(=O)N2CCc3ccccc32)cc1C(=O)Nc1cccc(C)c1C. The lowest BCUT2D eigenvalue weighted by Crippen LogP contribution is -2.29. The standard InChI is InChI=1S/C24H24N2O4S/c1-16-7-6-9-21(17(16)2)25-24(27)20-15-19(11-12-23(20)30-3)31(28,29)26-14-13-18-8-4-5-10-22(18)26/h4-12,15H,13-14H2,1-3H3,(H,25,27). The summed E-state index contributed by atoms with van der Waals surface area (Å²) in [6.45, 7) is 4.26. The minimum atomic E-state index is -3.82. The molecule has 0 aliphatic carbocycles. The number of amides is 1. The number of hydrogen-bond acceptors (Lipinski definition) is 4. The van der Waals surface area contributed by atoms with Gasteiger partial charge in [-0.25, -0.2) is 8.42 Å². The Balaban J connectivity index is 1.71. The Kier molecular flexibility index (Phi) is 5.45. The minimum Gasteiger partial charge on any atom is -0.496 e. The van der Waals surface area contributed by atoms with Crippen molar-refractivity contribution in [2.75, 3.05) is 23.3 Å². The third-order valence-corrected chi connectivity index (χ3v) is 7.51. The Morgan fingerprint density at radius 1 is 1.03 bits per heavy atom. The second-order valence-electron chi connectivity index (χ2n) is 7.52. The zero-order valence-electron chi connectivity index (χ0n) is 17.7. The molecule has 160 valence electrons. The van der Waals surface area contributed by atoms with Crippen LogP contribution >= 0.6 is 0 Å². The predicted octanol–water partition coefficient (Wildman–Crippen LogP) is 4.32. The number of hydrogen-bond donors (Lipinski definition) is 1. The zero-order valence-corrected chi connectivity index (χ0v) is 18.5. The summed E-state index contributed by atoms with van der Waals surface area (Å²) in [5.74, 6) is -0.118. The number of para-hydroxylation sites is 1. The molecule has 0 aromatic heterocycles. The smallest absolute Gasteiger partial charge is 0.264 e. The molecule has 31 heavy (non-hydrogen) atoms. The summed E-state index contributed by atoms with van der Waals surface area (Å²) < 4.78 is 33.5. The number of anilines is 2. The first kappa shape index (κ1) is 20.9. The van der Waals surface area contributed by atoms with Crippen LogP contribution in [0, 0.1) is 13.8 Å². The third-order valence-electron chi connectivity index (χ3n) is 5.70. The van der Waals surface area contributed by atoms with Crippen LogP contribution in [-0.4, -0.2) is 28.0 Å². The molecule has 7 heteroatoms. The highest BCUT2D eigenvalue weighted by Crippen LogP contribution is 2.34. The lowest BCUT2D eigenvalue weighted by molar-refractivity contribution is 0.102. The average Bonchev–Trinajstić information content (AvgIpc) is 3.21. The van der Waals surface area contributed by atoms with E-state index in [-0.39, 0.29) is 10.5 Å². The van der Waals surface area contributed by atoms with Crippen LogP contribution in [0.5, 0.6) is 5.75 Å². The quantitative estimate of drug-likeness (QED) is 0.646. The van der Waals surface area contributed by atoms with Crippen molar-refractivity contribution in [1.82, 2.24) is 0 Å². The summed E-state index contributed by atoms with van der Waals surface area (Å²) in [5, 5.41) is 2.88. The van der Waals surface area contributed by atoms with Crippen molar-refractivity contribution in [1.29, 1.82) is 0 Å². The molecular formula is C24H24N2O4S. The number of nitrogens with one attached hydrogen (secondary N) is 1. The van der Waals surface area contributed by atoms with Crippen molar-refractivity contribution in [3.05, 3.63) is 82.9 Å². The lowest BCUT2D eigenvalue weighted by atomic mass is 10.1. The molecule has 0 saturated carbocycles. The van der Waals surface area contributed by atoms with Gasteiger partial charge < -0.3 is 10.1 Å². The molecule has 0 atom stereocenters. The second-order valence-corrected chi connectivity index (χ2v) is 9.38. The van der Waals surface area contributed by atoms with E-state index >= 15 is 0 Å². The van der Waals surface area contributed by atoms with E-state index < -0.39 is 15.9 Å². The van der Waals surface area contributed by atoms with E-state index in [1.54, 1.807) is 6.07 Å². The number of nitrogens with zero attached hydrogens (tertiary/aromatic N) is 1. The molecule has 0 spiro atoms. The molecule has 3 aromatic rings. The maximum atomic E-state index is 13.4. The number of carbonyl (C=O) groups is 1. The van der Waals surface area contributed by atoms with E-state index in [2.05, 4.69) is 5.32 Å². The van der Waals surface area contributed by atoms with Gasteiger partial charge in [0.15, 0.2) is 0 Å². The van der Waals surface area contributed by atoms with E-state index in [1.807, 2.05) is 50.2 Å².